The summed E-state index contributed by atoms with van der Waals surface area (Å²) in [7, 11) is 0.171. The third-order valence-corrected chi connectivity index (χ3v) is 7.34. The van der Waals surface area contributed by atoms with Gasteiger partial charge in [-0.3, -0.25) is 10.1 Å². The number of nitrogens with one attached hydrogen (secondary N) is 1. The molecular formula is C9H21NO4SSi. The van der Waals surface area contributed by atoms with Gasteiger partial charge in [0.2, 0.25) is 5.91 Å². The van der Waals surface area contributed by atoms with Crippen molar-refractivity contribution in [1.82, 2.24) is 5.32 Å². The van der Waals surface area contributed by atoms with Crippen LogP contribution in [-0.2, 0) is 14.1 Å². The first-order chi connectivity index (χ1) is 7.41. The van der Waals surface area contributed by atoms with Crippen molar-refractivity contribution in [3.05, 3.63) is 0 Å². The lowest BCUT2D eigenvalue weighted by Gasteiger charge is -2.21. The van der Waals surface area contributed by atoms with Gasteiger partial charge >= 0.3 is 0 Å². The molecule has 0 aliphatic carbocycles. The van der Waals surface area contributed by atoms with Gasteiger partial charge < -0.3 is 9.74 Å². The second kappa shape index (κ2) is 8.07. The highest BCUT2D eigenvalue weighted by atomic mass is 32.2. The van der Waals surface area contributed by atoms with Crippen LogP contribution in [0.15, 0.2) is 0 Å². The molecule has 16 heavy (non-hydrogen) atoms. The van der Waals surface area contributed by atoms with Crippen molar-refractivity contribution < 1.29 is 19.4 Å². The first kappa shape index (κ1) is 15.9. The van der Waals surface area contributed by atoms with Gasteiger partial charge in [-0.05, 0) is 13.1 Å². The van der Waals surface area contributed by atoms with Crippen LogP contribution in [0.5, 0.6) is 0 Å². The van der Waals surface area contributed by atoms with Crippen LogP contribution in [0.1, 0.15) is 6.92 Å². The van der Waals surface area contributed by atoms with Crippen LogP contribution >= 0.6 is 11.8 Å². The predicted molar refractivity (Wildman–Crippen MR) is 68.0 cm³/mol. The lowest BCUT2D eigenvalue weighted by molar-refractivity contribution is -0.245. The first-order valence-corrected chi connectivity index (χ1v) is 9.34. The molecule has 96 valence electrons. The Bertz CT molecular complexity index is 216. The fourth-order valence-corrected chi connectivity index (χ4v) is 4.39. The highest BCUT2D eigenvalue weighted by Crippen LogP contribution is 2.13. The van der Waals surface area contributed by atoms with E-state index in [0.717, 1.165) is 5.38 Å². The van der Waals surface area contributed by atoms with Crippen LogP contribution < -0.4 is 5.32 Å². The monoisotopic (exact) mass is 267 g/mol. The maximum atomic E-state index is 10.9. The normalized spacial score (nSPS) is 13.6. The predicted octanol–water partition coefficient (Wildman–Crippen LogP) is 1.10. The van der Waals surface area contributed by atoms with Crippen molar-refractivity contribution in [2.75, 3.05) is 24.8 Å². The molecule has 0 fully saturated rings. The maximum absolute atomic E-state index is 10.9. The van der Waals surface area contributed by atoms with E-state index in [2.05, 4.69) is 23.3 Å². The molecule has 7 heteroatoms. The number of carbonyl (C=O) groups excluding carboxylic acids is 1. The molecule has 2 N–H and O–H groups in total. The highest BCUT2D eigenvalue weighted by molar-refractivity contribution is 8.00. The Morgan fingerprint density at radius 3 is 2.62 bits per heavy atom. The van der Waals surface area contributed by atoms with Gasteiger partial charge in [-0.1, -0.05) is 0 Å². The first-order valence-electron chi connectivity index (χ1n) is 5.07. The summed E-state index contributed by atoms with van der Waals surface area (Å²) in [5, 5.41) is 12.0. The van der Waals surface area contributed by atoms with E-state index in [9.17, 15) is 4.79 Å². The summed E-state index contributed by atoms with van der Waals surface area (Å²) in [6.45, 7) is 5.83. The van der Waals surface area contributed by atoms with Crippen LogP contribution in [0.4, 0.5) is 0 Å². The Morgan fingerprint density at radius 2 is 2.19 bits per heavy atom. The third-order valence-electron chi connectivity index (χ3n) is 2.00. The van der Waals surface area contributed by atoms with Gasteiger partial charge in [0.15, 0.2) is 8.32 Å². The lowest BCUT2D eigenvalue weighted by Crippen LogP contribution is -2.40. The van der Waals surface area contributed by atoms with Gasteiger partial charge in [-0.25, -0.2) is 4.89 Å². The zero-order valence-corrected chi connectivity index (χ0v) is 12.1. The highest BCUT2D eigenvalue weighted by Gasteiger charge is 2.21. The summed E-state index contributed by atoms with van der Waals surface area (Å²) >= 11 is 1.71. The van der Waals surface area contributed by atoms with Gasteiger partial charge in [0, 0.05) is 25.2 Å². The van der Waals surface area contributed by atoms with Crippen LogP contribution in [0.25, 0.3) is 0 Å². The molecule has 0 radical (unpaired) electrons. The fourth-order valence-electron chi connectivity index (χ4n) is 1.01. The molecule has 0 spiro atoms. The molecule has 0 aliphatic heterocycles. The summed E-state index contributed by atoms with van der Waals surface area (Å²) in [6, 6.07) is -0.158. The minimum Gasteiger partial charge on any atom is -0.420 e. The zero-order chi connectivity index (χ0) is 12.6. The molecule has 0 aliphatic rings. The molecule has 0 bridgehead atoms. The van der Waals surface area contributed by atoms with Crippen molar-refractivity contribution >= 4 is 26.0 Å². The number of thioether (sulfide) groups is 1. The van der Waals surface area contributed by atoms with E-state index in [-0.39, 0.29) is 18.6 Å². The van der Waals surface area contributed by atoms with Crippen molar-refractivity contribution in [2.45, 2.75) is 26.1 Å². The Balaban J connectivity index is 3.88. The molecule has 0 aromatic carbocycles. The number of hydrogen-bond donors (Lipinski definition) is 2. The molecule has 0 rings (SSSR count). The average molecular weight is 267 g/mol. The van der Waals surface area contributed by atoms with E-state index in [1.54, 1.807) is 18.9 Å². The fraction of sp³-hybridized carbons (Fsp3) is 0.889. The smallest absolute Gasteiger partial charge is 0.217 e. The molecule has 0 heterocycles. The molecule has 0 saturated carbocycles. The summed E-state index contributed by atoms with van der Waals surface area (Å²) in [6.07, 6.45) is 0. The van der Waals surface area contributed by atoms with Gasteiger partial charge in [-0.15, -0.1) is 0 Å². The summed E-state index contributed by atoms with van der Waals surface area (Å²) in [5.74, 6) is 0.589. The van der Waals surface area contributed by atoms with Crippen molar-refractivity contribution in [3.63, 3.8) is 0 Å². The topological polar surface area (TPSA) is 67.8 Å². The van der Waals surface area contributed by atoms with Crippen molar-refractivity contribution in [1.29, 1.82) is 0 Å². The second-order valence-electron chi connectivity index (χ2n) is 4.17. The Labute approximate surface area is 102 Å². The van der Waals surface area contributed by atoms with Crippen LogP contribution in [0, 0.1) is 0 Å². The lowest BCUT2D eigenvalue weighted by atomic mass is 10.3. The SMILES string of the molecule is CO[Si](C)(C)CSCC(COO)NC(C)=O. The summed E-state index contributed by atoms with van der Waals surface area (Å²) in [5.41, 5.74) is 0. The van der Waals surface area contributed by atoms with Crippen molar-refractivity contribution in [3.8, 4) is 0 Å². The van der Waals surface area contributed by atoms with E-state index in [1.165, 1.54) is 6.92 Å². The largest absolute Gasteiger partial charge is 0.420 e. The van der Waals surface area contributed by atoms with Gasteiger partial charge in [0.25, 0.3) is 0 Å². The average Bonchev–Trinajstić information content (AvgIpc) is 2.17. The minimum atomic E-state index is -1.56. The molecular weight excluding hydrogens is 246 g/mol. The molecule has 0 saturated heterocycles. The van der Waals surface area contributed by atoms with E-state index >= 15 is 0 Å². The number of hydrogen-bond acceptors (Lipinski definition) is 5. The molecule has 0 aromatic heterocycles. The van der Waals surface area contributed by atoms with E-state index in [0.29, 0.717) is 5.75 Å². The molecule has 0 aromatic rings. The third kappa shape index (κ3) is 8.11. The standard InChI is InChI=1S/C9H21NO4SSi/c1-8(11)10-9(5-14-12)6-15-7-16(3,4)13-2/h9,12H,5-7H2,1-4H3,(H,10,11). The van der Waals surface area contributed by atoms with Gasteiger partial charge in [-0.2, -0.15) is 11.8 Å². The summed E-state index contributed by atoms with van der Waals surface area (Å²) in [4.78, 5) is 14.9. The van der Waals surface area contributed by atoms with Crippen LogP contribution in [-0.4, -0.2) is 50.4 Å². The number of amides is 1. The molecule has 5 nitrogen and oxygen atoms in total. The number of rotatable bonds is 8. The maximum Gasteiger partial charge on any atom is 0.217 e. The van der Waals surface area contributed by atoms with E-state index in [4.69, 9.17) is 9.68 Å². The Hall–Kier alpha value is -0.0831. The van der Waals surface area contributed by atoms with Crippen LogP contribution in [0.2, 0.25) is 13.1 Å². The van der Waals surface area contributed by atoms with Crippen LogP contribution in [0.3, 0.4) is 0 Å². The second-order valence-corrected chi connectivity index (χ2v) is 10.00. The molecule has 1 atom stereocenters. The van der Waals surface area contributed by atoms with E-state index in [1.807, 2.05) is 0 Å². The van der Waals surface area contributed by atoms with Gasteiger partial charge in [0.1, 0.15) is 6.61 Å². The number of carbonyl (C=O) groups is 1. The van der Waals surface area contributed by atoms with Gasteiger partial charge in [0.05, 0.1) is 6.04 Å². The minimum absolute atomic E-state index is 0.113. The van der Waals surface area contributed by atoms with Crippen molar-refractivity contribution in [2.24, 2.45) is 0 Å². The molecule has 1 unspecified atom stereocenters. The summed E-state index contributed by atoms with van der Waals surface area (Å²) < 4.78 is 5.41. The Morgan fingerprint density at radius 1 is 1.56 bits per heavy atom. The molecule has 1 amide bonds. The van der Waals surface area contributed by atoms with E-state index < -0.39 is 8.32 Å². The zero-order valence-electron chi connectivity index (χ0n) is 10.3. The quantitative estimate of drug-likeness (QED) is 0.392. The Kier molecular flexibility index (Phi) is 8.03.